The van der Waals surface area contributed by atoms with Crippen LogP contribution in [0.3, 0.4) is 0 Å². The van der Waals surface area contributed by atoms with E-state index in [-0.39, 0.29) is 5.97 Å². The molecular formula is C8H14O2S. The zero-order valence-electron chi connectivity index (χ0n) is 6.80. The van der Waals surface area contributed by atoms with Crippen LogP contribution in [0.15, 0.2) is 0 Å². The quantitative estimate of drug-likeness (QED) is 0.484. The predicted molar refractivity (Wildman–Crippen MR) is 46.8 cm³/mol. The molecule has 0 aromatic rings. The van der Waals surface area contributed by atoms with Crippen LogP contribution in [0.5, 0.6) is 0 Å². The lowest BCUT2D eigenvalue weighted by Crippen LogP contribution is -2.35. The monoisotopic (exact) mass is 174 g/mol. The minimum atomic E-state index is -0.479. The molecule has 0 spiro atoms. The Labute approximate surface area is 72.7 Å². The van der Waals surface area contributed by atoms with Gasteiger partial charge in [0.15, 0.2) is 0 Å². The molecule has 0 aromatic heterocycles. The average Bonchev–Trinajstić information content (AvgIpc) is 2.04. The molecule has 2 nitrogen and oxygen atoms in total. The highest BCUT2D eigenvalue weighted by molar-refractivity contribution is 7.82. The summed E-state index contributed by atoms with van der Waals surface area (Å²) in [5.74, 6) is -0.166. The van der Waals surface area contributed by atoms with Gasteiger partial charge < -0.3 is 4.74 Å². The summed E-state index contributed by atoms with van der Waals surface area (Å²) in [6.07, 6.45) is 5.14. The van der Waals surface area contributed by atoms with E-state index in [2.05, 4.69) is 17.4 Å². The number of hydrogen-bond acceptors (Lipinski definition) is 3. The number of carbonyl (C=O) groups excluding carboxylic acids is 1. The van der Waals surface area contributed by atoms with Crippen LogP contribution in [0.2, 0.25) is 0 Å². The van der Waals surface area contributed by atoms with Crippen LogP contribution in [0, 0.1) is 0 Å². The minimum absolute atomic E-state index is 0.166. The van der Waals surface area contributed by atoms with Crippen LogP contribution in [-0.2, 0) is 9.53 Å². The van der Waals surface area contributed by atoms with E-state index in [4.69, 9.17) is 0 Å². The van der Waals surface area contributed by atoms with Gasteiger partial charge in [-0.1, -0.05) is 19.3 Å². The molecule has 0 atom stereocenters. The number of rotatable bonds is 1. The van der Waals surface area contributed by atoms with Crippen molar-refractivity contribution < 1.29 is 9.53 Å². The van der Waals surface area contributed by atoms with Crippen molar-refractivity contribution in [2.45, 2.75) is 36.9 Å². The lowest BCUT2D eigenvalue weighted by molar-refractivity contribution is -0.144. The first-order valence-electron chi connectivity index (χ1n) is 4.00. The van der Waals surface area contributed by atoms with Gasteiger partial charge in [0.2, 0.25) is 0 Å². The van der Waals surface area contributed by atoms with E-state index in [9.17, 15) is 4.79 Å². The highest BCUT2D eigenvalue weighted by Crippen LogP contribution is 2.34. The summed E-state index contributed by atoms with van der Waals surface area (Å²) in [7, 11) is 1.43. The summed E-state index contributed by atoms with van der Waals surface area (Å²) in [4.78, 5) is 11.2. The van der Waals surface area contributed by atoms with Gasteiger partial charge in [-0.3, -0.25) is 4.79 Å². The van der Waals surface area contributed by atoms with Gasteiger partial charge >= 0.3 is 5.97 Å². The maximum absolute atomic E-state index is 11.2. The Morgan fingerprint density at radius 2 is 1.91 bits per heavy atom. The van der Waals surface area contributed by atoms with Gasteiger partial charge in [-0.2, -0.15) is 12.6 Å². The Hall–Kier alpha value is -0.180. The highest BCUT2D eigenvalue weighted by atomic mass is 32.1. The lowest BCUT2D eigenvalue weighted by Gasteiger charge is -2.29. The molecule has 11 heavy (non-hydrogen) atoms. The normalized spacial score (nSPS) is 22.7. The minimum Gasteiger partial charge on any atom is -0.468 e. The summed E-state index contributed by atoms with van der Waals surface area (Å²) in [6.45, 7) is 0. The van der Waals surface area contributed by atoms with Crippen molar-refractivity contribution >= 4 is 18.6 Å². The van der Waals surface area contributed by atoms with Crippen molar-refractivity contribution in [2.75, 3.05) is 7.11 Å². The van der Waals surface area contributed by atoms with Crippen LogP contribution >= 0.6 is 12.6 Å². The Morgan fingerprint density at radius 3 is 2.36 bits per heavy atom. The topological polar surface area (TPSA) is 26.3 Å². The Bertz CT molecular complexity index is 150. The highest BCUT2D eigenvalue weighted by Gasteiger charge is 2.36. The maximum atomic E-state index is 11.2. The maximum Gasteiger partial charge on any atom is 0.321 e. The largest absolute Gasteiger partial charge is 0.468 e. The van der Waals surface area contributed by atoms with Gasteiger partial charge in [-0.25, -0.2) is 0 Å². The summed E-state index contributed by atoms with van der Waals surface area (Å²) in [5.41, 5.74) is 0. The molecule has 64 valence electrons. The molecule has 0 unspecified atom stereocenters. The van der Waals surface area contributed by atoms with Crippen molar-refractivity contribution in [3.05, 3.63) is 0 Å². The fraction of sp³-hybridized carbons (Fsp3) is 0.875. The van der Waals surface area contributed by atoms with E-state index in [1.54, 1.807) is 0 Å². The molecule has 0 aliphatic heterocycles. The Morgan fingerprint density at radius 1 is 1.36 bits per heavy atom. The van der Waals surface area contributed by atoms with Crippen molar-refractivity contribution in [1.82, 2.24) is 0 Å². The Kier molecular flexibility index (Phi) is 2.82. The van der Waals surface area contributed by atoms with Crippen LogP contribution in [0.1, 0.15) is 32.1 Å². The summed E-state index contributed by atoms with van der Waals surface area (Å²) >= 11 is 4.35. The van der Waals surface area contributed by atoms with Gasteiger partial charge in [0, 0.05) is 0 Å². The molecule has 3 heteroatoms. The molecule has 0 saturated heterocycles. The van der Waals surface area contributed by atoms with Gasteiger partial charge in [-0.15, -0.1) is 0 Å². The molecule has 0 heterocycles. The summed E-state index contributed by atoms with van der Waals surface area (Å²) < 4.78 is 4.20. The van der Waals surface area contributed by atoms with Gasteiger partial charge in [0.25, 0.3) is 0 Å². The number of ether oxygens (including phenoxy) is 1. The van der Waals surface area contributed by atoms with Gasteiger partial charge in [0.05, 0.1) is 7.11 Å². The fourth-order valence-electron chi connectivity index (χ4n) is 1.53. The second-order valence-corrected chi connectivity index (χ2v) is 3.94. The first-order valence-corrected chi connectivity index (χ1v) is 4.44. The summed E-state index contributed by atoms with van der Waals surface area (Å²) in [5, 5.41) is 0. The van der Waals surface area contributed by atoms with Crippen LogP contribution in [-0.4, -0.2) is 17.8 Å². The van der Waals surface area contributed by atoms with E-state index in [0.29, 0.717) is 0 Å². The predicted octanol–water partition coefficient (Wildman–Crippen LogP) is 1.79. The van der Waals surface area contributed by atoms with Crippen LogP contribution in [0.4, 0.5) is 0 Å². The molecule has 1 aliphatic carbocycles. The van der Waals surface area contributed by atoms with E-state index >= 15 is 0 Å². The third kappa shape index (κ3) is 1.89. The number of esters is 1. The molecular weight excluding hydrogens is 160 g/mol. The molecule has 0 bridgehead atoms. The average molecular weight is 174 g/mol. The standard InChI is InChI=1S/C8H14O2S/c1-10-7(9)8(11)5-3-2-4-6-8/h11H,2-6H2,1H3. The molecule has 1 saturated carbocycles. The fourth-order valence-corrected chi connectivity index (χ4v) is 1.94. The first kappa shape index (κ1) is 8.91. The van der Waals surface area contributed by atoms with Crippen molar-refractivity contribution in [3.63, 3.8) is 0 Å². The lowest BCUT2D eigenvalue weighted by atomic mass is 9.88. The number of hydrogen-bond donors (Lipinski definition) is 1. The zero-order valence-corrected chi connectivity index (χ0v) is 7.69. The molecule has 0 radical (unpaired) electrons. The van der Waals surface area contributed by atoms with Crippen molar-refractivity contribution in [2.24, 2.45) is 0 Å². The molecule has 1 rings (SSSR count). The first-order chi connectivity index (χ1) is 5.19. The number of carbonyl (C=O) groups is 1. The number of methoxy groups -OCH3 is 1. The third-order valence-corrected chi connectivity index (χ3v) is 2.88. The van der Waals surface area contributed by atoms with Gasteiger partial charge in [-0.05, 0) is 12.8 Å². The third-order valence-electron chi connectivity index (χ3n) is 2.25. The van der Waals surface area contributed by atoms with E-state index in [1.165, 1.54) is 13.5 Å². The molecule has 1 aliphatic rings. The second-order valence-electron chi connectivity index (χ2n) is 3.08. The summed E-state index contributed by atoms with van der Waals surface area (Å²) in [6, 6.07) is 0. The van der Waals surface area contributed by atoms with E-state index in [0.717, 1.165) is 25.7 Å². The van der Waals surface area contributed by atoms with Crippen molar-refractivity contribution in [3.8, 4) is 0 Å². The molecule has 0 N–H and O–H groups in total. The van der Waals surface area contributed by atoms with Crippen molar-refractivity contribution in [1.29, 1.82) is 0 Å². The number of thiol groups is 1. The van der Waals surface area contributed by atoms with E-state index in [1.807, 2.05) is 0 Å². The molecule has 1 fully saturated rings. The molecule has 0 amide bonds. The van der Waals surface area contributed by atoms with Crippen LogP contribution in [0.25, 0.3) is 0 Å². The SMILES string of the molecule is COC(=O)C1(S)CCCCC1. The van der Waals surface area contributed by atoms with E-state index < -0.39 is 4.75 Å². The van der Waals surface area contributed by atoms with Gasteiger partial charge in [0.1, 0.15) is 4.75 Å². The Balaban J connectivity index is 2.56. The second kappa shape index (κ2) is 3.48. The van der Waals surface area contributed by atoms with Crippen LogP contribution < -0.4 is 0 Å². The smallest absolute Gasteiger partial charge is 0.321 e. The molecule has 0 aromatic carbocycles. The zero-order chi connectivity index (χ0) is 8.32.